The number of nitrogens with zero attached hydrogens (tertiary/aromatic N) is 3. The van der Waals surface area contributed by atoms with Crippen LogP contribution in [0.5, 0.6) is 0 Å². The molecule has 9 heteroatoms. The molecular weight excluding hydrogens is 376 g/mol. The largest absolute Gasteiger partial charge is 0.451 e. The van der Waals surface area contributed by atoms with Crippen LogP contribution in [0.3, 0.4) is 0 Å². The van der Waals surface area contributed by atoms with E-state index in [1.807, 2.05) is 0 Å². The van der Waals surface area contributed by atoms with E-state index >= 15 is 0 Å². The smallest absolute Gasteiger partial charge is 0.326 e. The number of rotatable bonds is 5. The minimum absolute atomic E-state index is 0.0325. The van der Waals surface area contributed by atoms with E-state index in [0.717, 1.165) is 10.6 Å². The van der Waals surface area contributed by atoms with Crippen molar-refractivity contribution in [1.82, 2.24) is 14.7 Å². The Morgan fingerprint density at radius 1 is 1.24 bits per heavy atom. The maximum atomic E-state index is 12.5. The standard InChI is InChI=1S/C20H22N4O5/c1-11-18(12(2)23(4)22-11)21-19(27)13(3)29-17(26)10-24-16(25)9-14-7-5-6-8-15(14)20(24)28/h5-8,13H,9-10H2,1-4H3,(H,21,27)/t13-/m0/s1. The number of hydrogen-bond donors (Lipinski definition) is 1. The van der Waals surface area contributed by atoms with Crippen molar-refractivity contribution in [1.29, 1.82) is 0 Å². The zero-order valence-electron chi connectivity index (χ0n) is 16.7. The fourth-order valence-electron chi connectivity index (χ4n) is 3.16. The molecule has 1 aromatic heterocycles. The summed E-state index contributed by atoms with van der Waals surface area (Å²) in [6.45, 7) is 4.43. The number of benzene rings is 1. The second-order valence-corrected chi connectivity index (χ2v) is 6.91. The molecule has 2 aromatic rings. The fraction of sp³-hybridized carbons (Fsp3) is 0.350. The zero-order valence-corrected chi connectivity index (χ0v) is 16.7. The summed E-state index contributed by atoms with van der Waals surface area (Å²) in [5.41, 5.74) is 2.96. The molecule has 0 aliphatic carbocycles. The second-order valence-electron chi connectivity index (χ2n) is 6.91. The van der Waals surface area contributed by atoms with Crippen LogP contribution in [0.25, 0.3) is 0 Å². The van der Waals surface area contributed by atoms with Crippen LogP contribution in [-0.2, 0) is 32.6 Å². The summed E-state index contributed by atoms with van der Waals surface area (Å²) >= 11 is 0. The van der Waals surface area contributed by atoms with E-state index in [1.54, 1.807) is 49.8 Å². The van der Waals surface area contributed by atoms with Gasteiger partial charge in [0.15, 0.2) is 6.10 Å². The Bertz CT molecular complexity index is 1010. The van der Waals surface area contributed by atoms with Crippen molar-refractivity contribution >= 4 is 29.4 Å². The van der Waals surface area contributed by atoms with Crippen LogP contribution in [0.1, 0.15) is 34.2 Å². The highest BCUT2D eigenvalue weighted by molar-refractivity contribution is 6.11. The molecule has 1 atom stereocenters. The third kappa shape index (κ3) is 4.03. The summed E-state index contributed by atoms with van der Waals surface area (Å²) in [6.07, 6.45) is -1.08. The molecule has 1 N–H and O–H groups in total. The average molecular weight is 398 g/mol. The van der Waals surface area contributed by atoms with Crippen molar-refractivity contribution in [3.8, 4) is 0 Å². The van der Waals surface area contributed by atoms with E-state index in [9.17, 15) is 19.2 Å². The lowest BCUT2D eigenvalue weighted by atomic mass is 9.98. The van der Waals surface area contributed by atoms with E-state index in [0.29, 0.717) is 22.5 Å². The van der Waals surface area contributed by atoms with Gasteiger partial charge in [0.05, 0.1) is 23.5 Å². The number of esters is 1. The monoisotopic (exact) mass is 398 g/mol. The molecule has 0 saturated carbocycles. The van der Waals surface area contributed by atoms with Crippen LogP contribution in [0.15, 0.2) is 24.3 Å². The van der Waals surface area contributed by atoms with Crippen LogP contribution < -0.4 is 5.32 Å². The molecule has 1 aromatic carbocycles. The third-order valence-corrected chi connectivity index (χ3v) is 4.86. The number of carbonyl (C=O) groups is 4. The molecule has 3 amide bonds. The van der Waals surface area contributed by atoms with Crippen molar-refractivity contribution in [2.45, 2.75) is 33.3 Å². The van der Waals surface area contributed by atoms with Crippen molar-refractivity contribution in [3.63, 3.8) is 0 Å². The topological polar surface area (TPSA) is 111 Å². The Morgan fingerprint density at radius 3 is 2.59 bits per heavy atom. The van der Waals surface area contributed by atoms with Crippen LogP contribution in [-0.4, -0.2) is 51.0 Å². The number of carbonyl (C=O) groups excluding carboxylic acids is 4. The maximum absolute atomic E-state index is 12.5. The van der Waals surface area contributed by atoms with Gasteiger partial charge in [-0.15, -0.1) is 0 Å². The maximum Gasteiger partial charge on any atom is 0.326 e. The number of fused-ring (bicyclic) bond motifs is 1. The molecule has 9 nitrogen and oxygen atoms in total. The highest BCUT2D eigenvalue weighted by Crippen LogP contribution is 2.20. The molecule has 1 aliphatic rings. The molecule has 29 heavy (non-hydrogen) atoms. The van der Waals surface area contributed by atoms with E-state index in [4.69, 9.17) is 4.74 Å². The number of anilines is 1. The molecule has 3 rings (SSSR count). The SMILES string of the molecule is Cc1nn(C)c(C)c1NC(=O)[C@H](C)OC(=O)CN1C(=O)Cc2ccccc2C1=O. The van der Waals surface area contributed by atoms with Gasteiger partial charge in [0.1, 0.15) is 6.54 Å². The first-order chi connectivity index (χ1) is 13.7. The molecular formula is C20H22N4O5. The van der Waals surface area contributed by atoms with E-state index in [1.165, 1.54) is 6.92 Å². The molecule has 2 heterocycles. The quantitative estimate of drug-likeness (QED) is 0.597. The summed E-state index contributed by atoms with van der Waals surface area (Å²) in [4.78, 5) is 50.2. The summed E-state index contributed by atoms with van der Waals surface area (Å²) in [5, 5.41) is 6.90. The van der Waals surface area contributed by atoms with Gasteiger partial charge in [-0.25, -0.2) is 0 Å². The molecule has 0 fully saturated rings. The Morgan fingerprint density at radius 2 is 1.93 bits per heavy atom. The predicted molar refractivity (Wildman–Crippen MR) is 103 cm³/mol. The van der Waals surface area contributed by atoms with Gasteiger partial charge in [0, 0.05) is 12.6 Å². The molecule has 152 valence electrons. The van der Waals surface area contributed by atoms with Gasteiger partial charge in [-0.1, -0.05) is 18.2 Å². The first kappa shape index (κ1) is 20.2. The normalized spacial score (nSPS) is 14.4. The minimum atomic E-state index is -1.11. The fourth-order valence-corrected chi connectivity index (χ4v) is 3.16. The third-order valence-electron chi connectivity index (χ3n) is 4.86. The first-order valence-electron chi connectivity index (χ1n) is 9.12. The summed E-state index contributed by atoms with van der Waals surface area (Å²) < 4.78 is 6.77. The molecule has 0 spiro atoms. The zero-order chi connectivity index (χ0) is 21.3. The lowest BCUT2D eigenvalue weighted by molar-refractivity contribution is -0.155. The van der Waals surface area contributed by atoms with Crippen LogP contribution >= 0.6 is 0 Å². The lowest BCUT2D eigenvalue weighted by Crippen LogP contribution is -2.46. The molecule has 0 saturated heterocycles. The van der Waals surface area contributed by atoms with Gasteiger partial charge >= 0.3 is 5.97 Å². The highest BCUT2D eigenvalue weighted by Gasteiger charge is 2.33. The van der Waals surface area contributed by atoms with Gasteiger partial charge < -0.3 is 10.1 Å². The number of aryl methyl sites for hydroxylation is 2. The average Bonchev–Trinajstić information content (AvgIpc) is 2.91. The Labute approximate surface area is 167 Å². The van der Waals surface area contributed by atoms with Crippen LogP contribution in [0.4, 0.5) is 5.69 Å². The van der Waals surface area contributed by atoms with Crippen LogP contribution in [0, 0.1) is 13.8 Å². The van der Waals surface area contributed by atoms with Crippen molar-refractivity contribution in [2.24, 2.45) is 7.05 Å². The van der Waals surface area contributed by atoms with Gasteiger partial charge in [-0.3, -0.25) is 28.8 Å². The van der Waals surface area contributed by atoms with Gasteiger partial charge in [0.25, 0.3) is 11.8 Å². The number of aromatic nitrogens is 2. The number of ether oxygens (including phenoxy) is 1. The Balaban J connectivity index is 1.62. The van der Waals surface area contributed by atoms with Crippen molar-refractivity contribution in [3.05, 3.63) is 46.8 Å². The Kier molecular flexibility index (Phi) is 5.49. The number of hydrogen-bond acceptors (Lipinski definition) is 6. The second kappa shape index (κ2) is 7.86. The predicted octanol–water partition coefficient (Wildman–Crippen LogP) is 1.13. The van der Waals surface area contributed by atoms with Gasteiger partial charge in [-0.2, -0.15) is 5.10 Å². The molecule has 0 bridgehead atoms. The number of nitrogens with one attached hydrogen (secondary N) is 1. The van der Waals surface area contributed by atoms with E-state index in [-0.39, 0.29) is 6.42 Å². The van der Waals surface area contributed by atoms with Gasteiger partial charge in [-0.05, 0) is 32.4 Å². The van der Waals surface area contributed by atoms with Crippen molar-refractivity contribution in [2.75, 3.05) is 11.9 Å². The van der Waals surface area contributed by atoms with E-state index in [2.05, 4.69) is 10.4 Å². The lowest BCUT2D eigenvalue weighted by Gasteiger charge is -2.26. The molecule has 0 radical (unpaired) electrons. The first-order valence-corrected chi connectivity index (χ1v) is 9.12. The van der Waals surface area contributed by atoms with Crippen LogP contribution in [0.2, 0.25) is 0 Å². The highest BCUT2D eigenvalue weighted by atomic mass is 16.5. The molecule has 1 aliphatic heterocycles. The Hall–Kier alpha value is -3.49. The van der Waals surface area contributed by atoms with Crippen molar-refractivity contribution < 1.29 is 23.9 Å². The summed E-state index contributed by atoms with van der Waals surface area (Å²) in [6, 6.07) is 6.75. The number of amides is 3. The summed E-state index contributed by atoms with van der Waals surface area (Å²) in [5.74, 6) is -2.40. The molecule has 0 unspecified atom stereocenters. The van der Waals surface area contributed by atoms with Gasteiger partial charge in [0.2, 0.25) is 5.91 Å². The summed E-state index contributed by atoms with van der Waals surface area (Å²) in [7, 11) is 1.76. The number of imide groups is 1. The van der Waals surface area contributed by atoms with E-state index < -0.39 is 36.3 Å². The minimum Gasteiger partial charge on any atom is -0.451 e.